The Kier molecular flexibility index (Phi) is 3.59. The van der Waals surface area contributed by atoms with Crippen LogP contribution in [0.3, 0.4) is 0 Å². The van der Waals surface area contributed by atoms with Crippen LogP contribution >= 0.6 is 0 Å². The van der Waals surface area contributed by atoms with Gasteiger partial charge >= 0.3 is 0 Å². The zero-order valence-corrected chi connectivity index (χ0v) is 13.2. The number of nitrogens with zero attached hydrogens (tertiary/aromatic N) is 5. The van der Waals surface area contributed by atoms with Gasteiger partial charge in [0.15, 0.2) is 5.82 Å². The second kappa shape index (κ2) is 6.04. The van der Waals surface area contributed by atoms with E-state index < -0.39 is 0 Å². The van der Waals surface area contributed by atoms with Gasteiger partial charge in [-0.3, -0.25) is 9.55 Å². The smallest absolute Gasteiger partial charge is 0.178 e. The summed E-state index contributed by atoms with van der Waals surface area (Å²) in [5.74, 6) is 1.42. The molecule has 0 saturated heterocycles. The SMILES string of the molecule is Cc1cccc(-n2ccnc2-c2cnc(-c3ccccn3)nc2)c1. The molecule has 0 N–H and O–H groups in total. The van der Waals surface area contributed by atoms with Gasteiger partial charge in [-0.15, -0.1) is 0 Å². The van der Waals surface area contributed by atoms with Gasteiger partial charge in [-0.25, -0.2) is 15.0 Å². The highest BCUT2D eigenvalue weighted by Gasteiger charge is 2.10. The molecule has 0 atom stereocenters. The lowest BCUT2D eigenvalue weighted by Gasteiger charge is -2.08. The van der Waals surface area contributed by atoms with Crippen molar-refractivity contribution in [2.24, 2.45) is 0 Å². The molecule has 3 aromatic heterocycles. The standard InChI is InChI=1S/C19H15N5/c1-14-5-4-6-16(11-14)24-10-9-21-19(24)15-12-22-18(23-13-15)17-7-2-3-8-20-17/h2-13H,1H3. The number of hydrogen-bond donors (Lipinski definition) is 0. The minimum Gasteiger partial charge on any atom is -0.300 e. The molecule has 0 fully saturated rings. The summed E-state index contributed by atoms with van der Waals surface area (Å²) in [5, 5.41) is 0. The van der Waals surface area contributed by atoms with E-state index in [9.17, 15) is 0 Å². The maximum Gasteiger partial charge on any atom is 0.178 e. The fourth-order valence-corrected chi connectivity index (χ4v) is 2.57. The van der Waals surface area contributed by atoms with Crippen LogP contribution in [0.4, 0.5) is 0 Å². The van der Waals surface area contributed by atoms with E-state index in [1.165, 1.54) is 5.56 Å². The summed E-state index contributed by atoms with van der Waals surface area (Å²) >= 11 is 0. The molecule has 3 heterocycles. The van der Waals surface area contributed by atoms with Crippen molar-refractivity contribution in [2.75, 3.05) is 0 Å². The summed E-state index contributed by atoms with van der Waals surface area (Å²) in [6, 6.07) is 14.0. The highest BCUT2D eigenvalue weighted by Crippen LogP contribution is 2.22. The third kappa shape index (κ3) is 2.67. The maximum absolute atomic E-state index is 4.46. The Balaban J connectivity index is 1.72. The van der Waals surface area contributed by atoms with E-state index in [0.29, 0.717) is 5.82 Å². The van der Waals surface area contributed by atoms with E-state index in [1.54, 1.807) is 24.8 Å². The Hall–Kier alpha value is -3.34. The van der Waals surface area contributed by atoms with Crippen LogP contribution in [0.1, 0.15) is 5.56 Å². The van der Waals surface area contributed by atoms with E-state index >= 15 is 0 Å². The van der Waals surface area contributed by atoms with E-state index in [0.717, 1.165) is 22.8 Å². The second-order valence-electron chi connectivity index (χ2n) is 5.47. The molecule has 0 spiro atoms. The molecule has 1 aromatic carbocycles. The Bertz CT molecular complexity index is 958. The van der Waals surface area contributed by atoms with Gasteiger partial charge in [-0.2, -0.15) is 0 Å². The van der Waals surface area contributed by atoms with Gasteiger partial charge in [0.05, 0.1) is 5.56 Å². The molecule has 0 radical (unpaired) electrons. The molecule has 0 saturated carbocycles. The lowest BCUT2D eigenvalue weighted by Crippen LogP contribution is -1.98. The monoisotopic (exact) mass is 313 g/mol. The van der Waals surface area contributed by atoms with Crippen LogP contribution in [0.25, 0.3) is 28.6 Å². The van der Waals surface area contributed by atoms with E-state index in [4.69, 9.17) is 0 Å². The molecule has 4 aromatic rings. The fraction of sp³-hybridized carbons (Fsp3) is 0.0526. The molecule has 0 aliphatic rings. The van der Waals surface area contributed by atoms with Gasteiger partial charge in [0.2, 0.25) is 0 Å². The summed E-state index contributed by atoms with van der Waals surface area (Å²) in [4.78, 5) is 17.6. The molecular weight excluding hydrogens is 298 g/mol. The van der Waals surface area contributed by atoms with Crippen LogP contribution in [0.5, 0.6) is 0 Å². The topological polar surface area (TPSA) is 56.5 Å². The Morgan fingerprint density at radius 2 is 1.71 bits per heavy atom. The van der Waals surface area contributed by atoms with Crippen LogP contribution in [-0.2, 0) is 0 Å². The maximum atomic E-state index is 4.46. The first-order chi connectivity index (χ1) is 11.8. The van der Waals surface area contributed by atoms with Crippen molar-refractivity contribution in [2.45, 2.75) is 6.92 Å². The van der Waals surface area contributed by atoms with Crippen molar-refractivity contribution in [3.63, 3.8) is 0 Å². The third-order valence-electron chi connectivity index (χ3n) is 3.72. The normalized spacial score (nSPS) is 10.7. The predicted octanol–water partition coefficient (Wildman–Crippen LogP) is 3.70. The summed E-state index contributed by atoms with van der Waals surface area (Å²) < 4.78 is 2.03. The molecule has 5 nitrogen and oxygen atoms in total. The number of benzene rings is 1. The molecular formula is C19H15N5. The lowest BCUT2D eigenvalue weighted by molar-refractivity contribution is 1.05. The van der Waals surface area contributed by atoms with Crippen LogP contribution in [0.15, 0.2) is 73.4 Å². The largest absolute Gasteiger partial charge is 0.300 e. The number of pyridine rings is 1. The van der Waals surface area contributed by atoms with E-state index in [-0.39, 0.29) is 0 Å². The van der Waals surface area contributed by atoms with Crippen molar-refractivity contribution in [3.8, 4) is 28.6 Å². The minimum atomic E-state index is 0.605. The first-order valence-corrected chi connectivity index (χ1v) is 7.65. The summed E-state index contributed by atoms with van der Waals surface area (Å²) in [6.45, 7) is 2.07. The highest BCUT2D eigenvalue weighted by atomic mass is 15.1. The van der Waals surface area contributed by atoms with Gasteiger partial charge in [-0.1, -0.05) is 18.2 Å². The average molecular weight is 313 g/mol. The van der Waals surface area contributed by atoms with Gasteiger partial charge in [-0.05, 0) is 36.8 Å². The van der Waals surface area contributed by atoms with Crippen LogP contribution in [-0.4, -0.2) is 24.5 Å². The molecule has 0 amide bonds. The predicted molar refractivity (Wildman–Crippen MR) is 92.6 cm³/mol. The Morgan fingerprint density at radius 3 is 2.46 bits per heavy atom. The van der Waals surface area contributed by atoms with Crippen LogP contribution in [0, 0.1) is 6.92 Å². The van der Waals surface area contributed by atoms with E-state index in [2.05, 4.69) is 45.1 Å². The Morgan fingerprint density at radius 1 is 0.833 bits per heavy atom. The number of aryl methyl sites for hydroxylation is 1. The highest BCUT2D eigenvalue weighted by molar-refractivity contribution is 5.59. The van der Waals surface area contributed by atoms with Crippen molar-refractivity contribution >= 4 is 0 Å². The quantitative estimate of drug-likeness (QED) is 0.578. The van der Waals surface area contributed by atoms with Crippen LogP contribution < -0.4 is 0 Å². The molecule has 0 bridgehead atoms. The van der Waals surface area contributed by atoms with Crippen molar-refractivity contribution in [1.29, 1.82) is 0 Å². The van der Waals surface area contributed by atoms with Crippen LogP contribution in [0.2, 0.25) is 0 Å². The lowest BCUT2D eigenvalue weighted by atomic mass is 10.2. The average Bonchev–Trinajstić information content (AvgIpc) is 3.12. The molecule has 4 rings (SSSR count). The van der Waals surface area contributed by atoms with Gasteiger partial charge in [0.25, 0.3) is 0 Å². The van der Waals surface area contributed by atoms with Crippen molar-refractivity contribution < 1.29 is 0 Å². The number of hydrogen-bond acceptors (Lipinski definition) is 4. The first kappa shape index (κ1) is 14.3. The van der Waals surface area contributed by atoms with Gasteiger partial charge in [0.1, 0.15) is 11.5 Å². The van der Waals surface area contributed by atoms with Gasteiger partial charge < -0.3 is 0 Å². The first-order valence-electron chi connectivity index (χ1n) is 7.65. The molecule has 0 aliphatic heterocycles. The van der Waals surface area contributed by atoms with Gasteiger partial charge in [0, 0.05) is 36.7 Å². The molecule has 0 aliphatic carbocycles. The van der Waals surface area contributed by atoms with Crippen molar-refractivity contribution in [3.05, 3.63) is 79.0 Å². The minimum absolute atomic E-state index is 0.605. The number of aromatic nitrogens is 5. The third-order valence-corrected chi connectivity index (χ3v) is 3.72. The molecule has 5 heteroatoms. The summed E-state index contributed by atoms with van der Waals surface area (Å²) in [7, 11) is 0. The van der Waals surface area contributed by atoms with Crippen molar-refractivity contribution in [1.82, 2.24) is 24.5 Å². The van der Waals surface area contributed by atoms with E-state index in [1.807, 2.05) is 35.0 Å². The zero-order chi connectivity index (χ0) is 16.4. The Labute approximate surface area is 139 Å². The molecule has 0 unspecified atom stereocenters. The number of rotatable bonds is 3. The molecule has 24 heavy (non-hydrogen) atoms. The second-order valence-corrected chi connectivity index (χ2v) is 5.47. The molecule has 116 valence electrons. The summed E-state index contributed by atoms with van der Waals surface area (Å²) in [5.41, 5.74) is 3.89. The summed E-state index contributed by atoms with van der Waals surface area (Å²) in [6.07, 6.45) is 9.02. The fourth-order valence-electron chi connectivity index (χ4n) is 2.57. The zero-order valence-electron chi connectivity index (χ0n) is 13.2. The number of imidazole rings is 1.